The molecule has 1 amide bonds. The zero-order valence-electron chi connectivity index (χ0n) is 45.3. The summed E-state index contributed by atoms with van der Waals surface area (Å²) < 4.78 is 48.5. The molecule has 0 saturated carbocycles. The maximum Gasteiger partial charge on any atom is 0.308 e. The lowest BCUT2D eigenvalue weighted by molar-refractivity contribution is -0.141. The van der Waals surface area contributed by atoms with Gasteiger partial charge in [-0.2, -0.15) is 0 Å². The number of amides is 1. The van der Waals surface area contributed by atoms with Crippen molar-refractivity contribution < 1.29 is 54.1 Å². The summed E-state index contributed by atoms with van der Waals surface area (Å²) in [5.41, 5.74) is 9.55. The average Bonchev–Trinajstić information content (AvgIpc) is 4.53. The number of carbonyl (C=O) groups is 2. The summed E-state index contributed by atoms with van der Waals surface area (Å²) in [7, 11) is 0. The first-order chi connectivity index (χ1) is 39.2. The van der Waals surface area contributed by atoms with Gasteiger partial charge in [-0.1, -0.05) is 67.0 Å². The summed E-state index contributed by atoms with van der Waals surface area (Å²) in [6.45, 7) is 10.3. The number of fused-ring (bicyclic) bond motifs is 2. The Bertz CT molecular complexity index is 3130. The minimum Gasteiger partial charge on any atom is -0.484 e. The molecule has 6 saturated heterocycles. The van der Waals surface area contributed by atoms with E-state index < -0.39 is 24.2 Å². The third kappa shape index (κ3) is 15.5. The number of hydrogen-bond donors (Lipinski definition) is 5. The fourth-order valence-corrected chi connectivity index (χ4v) is 11.8. The number of rotatable bonds is 17. The number of carboxylic acids is 1. The Morgan fingerprint density at radius 2 is 1.05 bits per heavy atom. The Morgan fingerprint density at radius 3 is 1.50 bits per heavy atom. The van der Waals surface area contributed by atoms with E-state index in [-0.39, 0.29) is 56.5 Å². The summed E-state index contributed by atoms with van der Waals surface area (Å²) in [6.07, 6.45) is 4.51. The first kappa shape index (κ1) is 60.7. The summed E-state index contributed by atoms with van der Waals surface area (Å²) in [6, 6.07) is 31.1. The van der Waals surface area contributed by atoms with Crippen molar-refractivity contribution >= 4 is 68.0 Å². The largest absolute Gasteiger partial charge is 0.484 e. The highest BCUT2D eigenvalue weighted by molar-refractivity contribution is 6.32. The first-order valence-electron chi connectivity index (χ1n) is 28.3. The van der Waals surface area contributed by atoms with Gasteiger partial charge in [0.2, 0.25) is 5.91 Å². The number of nitrogens with one attached hydrogen (secondary N) is 1. The van der Waals surface area contributed by atoms with E-state index in [9.17, 15) is 28.6 Å². The highest BCUT2D eigenvalue weighted by atomic mass is 35.5. The number of aliphatic hydroxyl groups is 2. The van der Waals surface area contributed by atoms with Gasteiger partial charge >= 0.3 is 5.97 Å². The van der Waals surface area contributed by atoms with Crippen molar-refractivity contribution in [3.63, 3.8) is 0 Å². The topological polar surface area (TPSA) is 183 Å². The molecule has 82 heavy (non-hydrogen) atoms. The lowest BCUT2D eigenvalue weighted by atomic mass is 10.00. The second kappa shape index (κ2) is 28.1. The number of ether oxygens (including phenoxy) is 4. The summed E-state index contributed by atoms with van der Waals surface area (Å²) >= 11 is 12.7. The monoisotopic (exact) mass is 1170 g/mol. The van der Waals surface area contributed by atoms with E-state index in [4.69, 9.17) is 53.0 Å². The van der Waals surface area contributed by atoms with Gasteiger partial charge in [0.15, 0.2) is 0 Å². The molecule has 0 aromatic heterocycles. The molecule has 6 aromatic rings. The molecule has 0 aliphatic carbocycles. The van der Waals surface area contributed by atoms with Crippen molar-refractivity contribution in [3.8, 4) is 11.5 Å². The van der Waals surface area contributed by atoms with Gasteiger partial charge in [-0.3, -0.25) is 9.59 Å². The van der Waals surface area contributed by atoms with Crippen LogP contribution in [-0.2, 0) is 19.1 Å². The standard InChI is InChI=1S/C31H35ClFN3O4.C16H23ClN2O3.C15H14FNO2.CH4.H2/c32-27-15-22(5-8-29(27)40-26-18-39-19-26)30(37)28(17-35-10-1-2-11-35)34-31(38)23-9-12-36(16-23)25-7-4-20-13-24(33)6-3-21(20)14-25;17-13-7-11(3-4-15(13)22-12-9-21-10-12)16(20)14(18)8-19-5-1-2-6-19;16-13-3-1-11-8-14(4-2-10(11)7-13)17-6-5-12(9-17)15(18)19;;/h3-8,13-15,23,26,28,30,37H,1-2,9-12,16-19H2,(H,34,38);3-4,7,12,14,16,20H,1-2,5-6,8-10,18H2;1-4,7-8,12H,5-6,9H2,(H,18,19);1H4;1H/t23-,28-,30?;14-,16?;12-;;/m111../s1/i;;;;1+2. The van der Waals surface area contributed by atoms with Crippen molar-refractivity contribution in [2.24, 2.45) is 17.6 Å². The normalized spacial score (nSPS) is 20.8. The van der Waals surface area contributed by atoms with Crippen LogP contribution in [0, 0.1) is 23.5 Å². The van der Waals surface area contributed by atoms with Crippen molar-refractivity contribution in [1.82, 2.24) is 15.1 Å². The van der Waals surface area contributed by atoms with E-state index in [1.54, 1.807) is 36.4 Å². The number of aliphatic carboxylic acids is 1. The molecule has 0 radical (unpaired) electrons. The second-order valence-electron chi connectivity index (χ2n) is 22.2. The molecule has 6 aliphatic rings. The van der Waals surface area contributed by atoms with Crippen molar-refractivity contribution in [1.29, 1.82) is 0 Å². The van der Waals surface area contributed by atoms with E-state index in [1.807, 2.05) is 48.5 Å². The molecule has 2 unspecified atom stereocenters. The van der Waals surface area contributed by atoms with Gasteiger partial charge in [-0.15, -0.1) is 0 Å². The molecule has 6 aromatic carbocycles. The Balaban J connectivity index is 0.000000177. The van der Waals surface area contributed by atoms with E-state index in [1.165, 1.54) is 37.1 Å². The maximum atomic E-state index is 13.6. The van der Waals surface area contributed by atoms with Crippen LogP contribution in [0.2, 0.25) is 10.0 Å². The van der Waals surface area contributed by atoms with Crippen LogP contribution in [-0.4, -0.2) is 153 Å². The van der Waals surface area contributed by atoms with E-state index in [2.05, 4.69) is 24.9 Å². The number of halogens is 4. The van der Waals surface area contributed by atoms with Gasteiger partial charge in [0.05, 0.1) is 60.5 Å². The molecule has 0 bridgehead atoms. The van der Waals surface area contributed by atoms with Gasteiger partial charge < -0.3 is 64.9 Å². The number of hydrogen-bond acceptors (Lipinski definition) is 13. The molecule has 6 atom stereocenters. The number of likely N-dealkylation sites (tertiary alicyclic amines) is 2. The smallest absolute Gasteiger partial charge is 0.308 e. The molecule has 6 N–H and O–H groups in total. The Morgan fingerprint density at radius 1 is 0.610 bits per heavy atom. The molecule has 6 aliphatic heterocycles. The quantitative estimate of drug-likeness (QED) is 0.0582. The number of aliphatic hydroxyl groups excluding tert-OH is 2. The first-order valence-corrected chi connectivity index (χ1v) is 29.0. The number of anilines is 2. The predicted molar refractivity (Wildman–Crippen MR) is 319 cm³/mol. The zero-order chi connectivity index (χ0) is 56.6. The predicted octanol–water partition coefficient (Wildman–Crippen LogP) is 9.90. The molecule has 12 rings (SSSR count). The van der Waals surface area contributed by atoms with Crippen molar-refractivity contribution in [2.45, 2.75) is 82.5 Å². The Hall–Kier alpha value is -5.86. The number of nitrogens with zero attached hydrogens (tertiary/aromatic N) is 4. The van der Waals surface area contributed by atoms with Crippen LogP contribution < -0.4 is 30.3 Å². The van der Waals surface area contributed by atoms with Crippen LogP contribution in [0.25, 0.3) is 21.5 Å². The third-order valence-electron chi connectivity index (χ3n) is 16.2. The maximum absolute atomic E-state index is 13.6. The molecular weight excluding hydrogens is 1090 g/mol. The molecule has 6 heterocycles. The van der Waals surface area contributed by atoms with Gasteiger partial charge in [0, 0.05) is 58.1 Å². The van der Waals surface area contributed by atoms with Crippen LogP contribution in [0.4, 0.5) is 20.2 Å². The number of benzene rings is 6. The second-order valence-corrected chi connectivity index (χ2v) is 23.0. The van der Waals surface area contributed by atoms with Crippen molar-refractivity contribution in [2.75, 3.05) is 102 Å². The average molecular weight is 1170 g/mol. The Kier molecular flexibility index (Phi) is 20.8. The SMILES string of the molecule is C.N[C@H](CN1CCCC1)C(O)c1ccc(OC2COC2)c(Cl)c1.O=C(N[C@H](CN1CCCC1)C(O)c1ccc(OC2COC2)c(Cl)c1)[C@@H]1CCN(c2ccc3cc(F)ccc3c2)C1.O=C(O)[C@@H]1CCN(c2ccc3cc(F)ccc3c2)C1.[3HH]. The van der Waals surface area contributed by atoms with Gasteiger partial charge in [-0.25, -0.2) is 8.78 Å². The molecule has 6 fully saturated rings. The fraction of sp³-hybridized carbons (Fsp3) is 0.460. The highest BCUT2D eigenvalue weighted by Gasteiger charge is 2.34. The molecule has 15 nitrogen and oxygen atoms in total. The van der Waals surface area contributed by atoms with E-state index in [0.717, 1.165) is 97.0 Å². The summed E-state index contributed by atoms with van der Waals surface area (Å²) in [5.74, 6) is -0.568. The van der Waals surface area contributed by atoms with Gasteiger partial charge in [-0.05, 0) is 170 Å². The van der Waals surface area contributed by atoms with E-state index in [0.29, 0.717) is 86.1 Å². The van der Waals surface area contributed by atoms with Crippen LogP contribution >= 0.6 is 23.2 Å². The number of nitrogens with two attached hydrogens (primary N) is 1. The molecular formula is C63H78Cl2F2N6O9. The van der Waals surface area contributed by atoms with E-state index >= 15 is 0 Å². The summed E-state index contributed by atoms with van der Waals surface area (Å²) in [4.78, 5) is 33.3. The number of carbonyl (C=O) groups excluding carboxylic acids is 1. The van der Waals surface area contributed by atoms with Crippen LogP contribution in [0.3, 0.4) is 0 Å². The molecule has 0 spiro atoms. The zero-order valence-corrected chi connectivity index (χ0v) is 46.8. The van der Waals surface area contributed by atoms with Crippen molar-refractivity contribution in [3.05, 3.63) is 142 Å². The summed E-state index contributed by atoms with van der Waals surface area (Å²) in [5, 5.41) is 38.7. The fourth-order valence-electron chi connectivity index (χ4n) is 11.3. The minimum absolute atomic E-state index is 0. The van der Waals surface area contributed by atoms with Gasteiger partial charge in [0.25, 0.3) is 0 Å². The lowest BCUT2D eigenvalue weighted by Crippen LogP contribution is -2.48. The lowest BCUT2D eigenvalue weighted by Gasteiger charge is -2.30. The Labute approximate surface area is 490 Å². The van der Waals surface area contributed by atoms with Crippen LogP contribution in [0.5, 0.6) is 11.5 Å². The highest BCUT2D eigenvalue weighted by Crippen LogP contribution is 2.35. The van der Waals surface area contributed by atoms with Crippen LogP contribution in [0.1, 0.15) is 70.7 Å². The molecule has 19 heteroatoms. The molecule has 442 valence electrons. The van der Waals surface area contributed by atoms with Gasteiger partial charge in [0.1, 0.15) is 41.4 Å². The minimum atomic E-state index is -0.915. The van der Waals surface area contributed by atoms with Crippen LogP contribution in [0.15, 0.2) is 109 Å². The number of carboxylic acid groups (broad SMARTS) is 1. The third-order valence-corrected chi connectivity index (χ3v) is 16.8.